The molecule has 0 saturated heterocycles. The Morgan fingerprint density at radius 2 is 0.712 bits per heavy atom. The van der Waals surface area contributed by atoms with E-state index < -0.39 is 55.2 Å². The summed E-state index contributed by atoms with van der Waals surface area (Å²) in [6.45, 7) is 0. The molecule has 0 aromatic heterocycles. The summed E-state index contributed by atoms with van der Waals surface area (Å²) in [5, 5.41) is 0. The molecule has 4 aromatic carbocycles. The van der Waals surface area contributed by atoms with E-state index in [1.807, 2.05) is 0 Å². The van der Waals surface area contributed by atoms with Crippen molar-refractivity contribution in [2.45, 2.75) is 19.6 Å². The summed E-state index contributed by atoms with van der Waals surface area (Å²) in [5.41, 5.74) is 5.69. The summed E-state index contributed by atoms with van der Waals surface area (Å²) in [7, 11) is -18.6. The Bertz CT molecular complexity index is 3640. The number of fused-ring (bicyclic) bond motifs is 4. The topological polar surface area (TPSA) is 267 Å². The van der Waals surface area contributed by atoms with Gasteiger partial charge in [-0.25, -0.2) is 20.0 Å². The quantitative estimate of drug-likeness (QED) is 0.125. The van der Waals surface area contributed by atoms with Crippen LogP contribution >= 0.6 is 24.8 Å². The van der Waals surface area contributed by atoms with Gasteiger partial charge in [0.05, 0.1) is 65.2 Å². The highest BCUT2D eigenvalue weighted by Gasteiger charge is 2.34. The van der Waals surface area contributed by atoms with Crippen LogP contribution in [0, 0.1) is 0 Å². The molecule has 0 atom stereocenters. The van der Waals surface area contributed by atoms with Crippen molar-refractivity contribution in [3.8, 4) is 0 Å². The van der Waals surface area contributed by atoms with Crippen LogP contribution in [0.4, 0.5) is 0 Å². The van der Waals surface area contributed by atoms with E-state index in [2.05, 4.69) is 0 Å². The lowest BCUT2D eigenvalue weighted by molar-refractivity contribution is 0.481. The second-order valence-electron chi connectivity index (χ2n) is 14.4. The molecule has 22 heteroatoms. The van der Waals surface area contributed by atoms with Crippen molar-refractivity contribution in [2.24, 2.45) is 20.0 Å². The van der Waals surface area contributed by atoms with E-state index in [1.165, 1.54) is 97.1 Å². The fourth-order valence-corrected chi connectivity index (χ4v) is 9.31. The van der Waals surface area contributed by atoms with Gasteiger partial charge in [0.2, 0.25) is 0 Å². The third-order valence-corrected chi connectivity index (χ3v) is 13.7. The Kier molecular flexibility index (Phi) is 12.6. The average Bonchev–Trinajstić information content (AvgIpc) is 4.05. The monoisotopic (exact) mass is 1000 g/mol. The second kappa shape index (κ2) is 17.5. The molecule has 0 fully saturated rings. The number of rotatable bonds is 8. The van der Waals surface area contributed by atoms with Crippen LogP contribution in [0.2, 0.25) is 0 Å². The van der Waals surface area contributed by atoms with Gasteiger partial charge in [0.25, 0.3) is 40.5 Å². The molecule has 9 rings (SSSR count). The Labute approximate surface area is 390 Å². The van der Waals surface area contributed by atoms with E-state index in [4.69, 9.17) is 20.0 Å². The first kappa shape index (κ1) is 47.7. The molecule has 66 heavy (non-hydrogen) atoms. The van der Waals surface area contributed by atoms with Gasteiger partial charge in [0.15, 0.2) is 0 Å². The lowest BCUT2D eigenvalue weighted by atomic mass is 9.86. The highest BCUT2D eigenvalue weighted by molar-refractivity contribution is 7.86. The summed E-state index contributed by atoms with van der Waals surface area (Å²) in [5.74, 6) is 0. The third-order valence-electron chi connectivity index (χ3n) is 10.3. The molecule has 4 N–H and O–H groups in total. The van der Waals surface area contributed by atoms with Crippen LogP contribution in [0.3, 0.4) is 0 Å². The standard InChI is InChI=1S/C44H28N4O12S4.2ClH/c49-61(50,51)34-13-1-25(2-14-34)38-23-33-22-31-10-9-29(45-31)21-30-11-12-32(46-30)24-39-40(26-3-15-35(16-4-26)62(52,53)54)41(27-5-17-36(18-6-27)63(55,56)57)44(48-39)42(43(38)47-33)28-7-19-37(20-8-28)64(58,59)60;;/h1-24H,(H,49,50,51)(H,52,53,54)(H,55,56,57)(H,58,59,60);2*1H. The minimum Gasteiger partial charge on any atom is -0.282 e. The first-order valence-electron chi connectivity index (χ1n) is 18.6. The van der Waals surface area contributed by atoms with Gasteiger partial charge in [-0.3, -0.25) is 18.2 Å². The van der Waals surface area contributed by atoms with E-state index in [0.717, 1.165) is 0 Å². The van der Waals surface area contributed by atoms with Crippen LogP contribution in [0.15, 0.2) is 208 Å². The fourth-order valence-electron chi connectivity index (χ4n) is 7.39. The van der Waals surface area contributed by atoms with Gasteiger partial charge in [-0.15, -0.1) is 24.8 Å². The molecule has 5 heterocycles. The molecular weight excluding hydrogens is 976 g/mol. The highest BCUT2D eigenvalue weighted by Crippen LogP contribution is 2.46. The zero-order chi connectivity index (χ0) is 45.3. The summed E-state index contributed by atoms with van der Waals surface area (Å²) in [6, 6.07) is 20.9. The lowest BCUT2D eigenvalue weighted by Crippen LogP contribution is -2.08. The van der Waals surface area contributed by atoms with E-state index in [0.29, 0.717) is 67.5 Å². The molecular formula is C44H30Cl2N4O12S4. The number of aliphatic imine (C=N–C) groups is 4. The van der Waals surface area contributed by atoms with Crippen molar-refractivity contribution in [3.05, 3.63) is 191 Å². The van der Waals surface area contributed by atoms with Crippen LogP contribution in [0.5, 0.6) is 0 Å². The molecule has 8 bridgehead atoms. The number of benzene rings is 4. The molecule has 5 aliphatic rings. The Balaban J connectivity index is 0.00000324. The highest BCUT2D eigenvalue weighted by atomic mass is 35.5. The average molecular weight is 1010 g/mol. The molecule has 16 nitrogen and oxygen atoms in total. The number of allylic oxidation sites excluding steroid dienone is 12. The van der Waals surface area contributed by atoms with Crippen molar-refractivity contribution in [1.82, 2.24) is 0 Å². The maximum Gasteiger partial charge on any atom is 0.294 e. The zero-order valence-corrected chi connectivity index (χ0v) is 38.0. The van der Waals surface area contributed by atoms with Crippen molar-refractivity contribution in [1.29, 1.82) is 0 Å². The second-order valence-corrected chi connectivity index (χ2v) is 20.1. The first-order valence-corrected chi connectivity index (χ1v) is 24.3. The SMILES string of the molecule is Cl.Cl.O=S(=O)(O)c1ccc(C2=CC3=CC4=NC(=CC5=NC(=CC6=NC(=C(c7ccc(S(=O)(=O)O)cc7)C2=N3)C(c2ccc(S(=O)(=O)O)cc2)=C6c2ccc(S(=O)(=O)O)cc2)C=C5)C=C4)cc1. The first-order chi connectivity index (χ1) is 30.2. The van der Waals surface area contributed by atoms with Gasteiger partial charge in [-0.1, -0.05) is 48.5 Å². The summed E-state index contributed by atoms with van der Waals surface area (Å²) in [6.07, 6.45) is 13.9. The van der Waals surface area contributed by atoms with Crippen molar-refractivity contribution < 1.29 is 51.9 Å². The molecule has 0 saturated carbocycles. The largest absolute Gasteiger partial charge is 0.294 e. The molecule has 0 unspecified atom stereocenters. The maximum atomic E-state index is 12.3. The number of nitrogens with zero attached hydrogens (tertiary/aromatic N) is 4. The normalized spacial score (nSPS) is 16.9. The van der Waals surface area contributed by atoms with Gasteiger partial charge in [-0.05, 0) is 119 Å². The van der Waals surface area contributed by atoms with E-state index in [9.17, 15) is 51.9 Å². The lowest BCUT2D eigenvalue weighted by Gasteiger charge is -2.18. The Morgan fingerprint density at radius 1 is 0.348 bits per heavy atom. The van der Waals surface area contributed by atoms with Gasteiger partial charge < -0.3 is 0 Å². The minimum atomic E-state index is -4.68. The van der Waals surface area contributed by atoms with E-state index in [-0.39, 0.29) is 52.4 Å². The van der Waals surface area contributed by atoms with Gasteiger partial charge >= 0.3 is 0 Å². The molecule has 5 aliphatic heterocycles. The Morgan fingerprint density at radius 3 is 1.14 bits per heavy atom. The summed E-state index contributed by atoms with van der Waals surface area (Å²) < 4.78 is 137. The molecule has 0 aliphatic carbocycles. The Hall–Kier alpha value is -6.30. The number of hydrogen-bond donors (Lipinski definition) is 4. The van der Waals surface area contributed by atoms with Crippen LogP contribution < -0.4 is 0 Å². The summed E-state index contributed by atoms with van der Waals surface area (Å²) in [4.78, 5) is 18.1. The predicted molar refractivity (Wildman–Crippen MR) is 254 cm³/mol. The van der Waals surface area contributed by atoms with Gasteiger partial charge in [0, 0.05) is 22.3 Å². The van der Waals surface area contributed by atoms with E-state index in [1.54, 1.807) is 48.6 Å². The van der Waals surface area contributed by atoms with Crippen molar-refractivity contribution in [2.75, 3.05) is 0 Å². The third kappa shape index (κ3) is 9.50. The zero-order valence-electron chi connectivity index (χ0n) is 33.1. The van der Waals surface area contributed by atoms with Crippen molar-refractivity contribution >= 4 is 110 Å². The number of hydrogen-bond acceptors (Lipinski definition) is 12. The minimum absolute atomic E-state index is 0. The van der Waals surface area contributed by atoms with Crippen LogP contribution in [-0.4, -0.2) is 74.7 Å². The molecule has 0 amide bonds. The summed E-state index contributed by atoms with van der Waals surface area (Å²) >= 11 is 0. The van der Waals surface area contributed by atoms with Gasteiger partial charge in [0.1, 0.15) is 0 Å². The molecule has 0 spiro atoms. The van der Waals surface area contributed by atoms with E-state index >= 15 is 0 Å². The molecule has 336 valence electrons. The predicted octanol–water partition coefficient (Wildman–Crippen LogP) is 7.52. The molecule has 0 radical (unpaired) electrons. The van der Waals surface area contributed by atoms with Gasteiger partial charge in [-0.2, -0.15) is 33.7 Å². The smallest absolute Gasteiger partial charge is 0.282 e. The van der Waals surface area contributed by atoms with Crippen LogP contribution in [0.25, 0.3) is 22.3 Å². The van der Waals surface area contributed by atoms with Crippen molar-refractivity contribution in [3.63, 3.8) is 0 Å². The van der Waals surface area contributed by atoms with Crippen LogP contribution in [0.1, 0.15) is 22.3 Å². The maximum absolute atomic E-state index is 12.3. The molecule has 4 aromatic rings. The fraction of sp³-hybridized carbons (Fsp3) is 0. The number of halogens is 2. The van der Waals surface area contributed by atoms with Crippen LogP contribution in [-0.2, 0) is 40.5 Å².